The summed E-state index contributed by atoms with van der Waals surface area (Å²) < 4.78 is 45.1. The van der Waals surface area contributed by atoms with Crippen LogP contribution in [-0.4, -0.2) is 145 Å². The number of nitrogens with one attached hydrogen (secondary N) is 3. The molecule has 16 heteroatoms. The van der Waals surface area contributed by atoms with Crippen molar-refractivity contribution < 1.29 is 32.6 Å². The van der Waals surface area contributed by atoms with Crippen LogP contribution in [0.2, 0.25) is 0 Å². The first-order valence-electron chi connectivity index (χ1n) is 28.3. The van der Waals surface area contributed by atoms with Gasteiger partial charge in [-0.3, -0.25) is 34.2 Å². The summed E-state index contributed by atoms with van der Waals surface area (Å²) in [4.78, 5) is 56.9. The molecule has 75 heavy (non-hydrogen) atoms. The number of cyclic esters (lactones) is 1. The van der Waals surface area contributed by atoms with Gasteiger partial charge in [0, 0.05) is 86.2 Å². The van der Waals surface area contributed by atoms with Gasteiger partial charge in [0.2, 0.25) is 5.91 Å². The highest BCUT2D eigenvalue weighted by Crippen LogP contribution is 2.44. The molecule has 3 N–H and O–H groups in total. The summed E-state index contributed by atoms with van der Waals surface area (Å²) in [6.07, 6.45) is 6.86. The van der Waals surface area contributed by atoms with E-state index in [0.29, 0.717) is 56.1 Å². The average molecular weight is 1030 g/mol. The number of ether oxygens (including phenoxy) is 2. The van der Waals surface area contributed by atoms with Gasteiger partial charge in [0.05, 0.1) is 55.2 Å². The van der Waals surface area contributed by atoms with E-state index in [1.54, 1.807) is 6.07 Å². The Kier molecular flexibility index (Phi) is 14.9. The number of carbonyl (C=O) groups excluding carboxylic acids is 3. The summed E-state index contributed by atoms with van der Waals surface area (Å²) in [5, 5.41) is 9.25. The fourth-order valence-electron chi connectivity index (χ4n) is 14.0. The van der Waals surface area contributed by atoms with Crippen LogP contribution in [0.5, 0.6) is 0 Å². The molecule has 1 aliphatic carbocycles. The van der Waals surface area contributed by atoms with E-state index in [9.17, 15) is 4.79 Å². The summed E-state index contributed by atoms with van der Waals surface area (Å²) in [6.45, 7) is 20.5. The van der Waals surface area contributed by atoms with E-state index < -0.39 is 41.8 Å². The van der Waals surface area contributed by atoms with Crippen molar-refractivity contribution in [3.63, 3.8) is 0 Å². The first-order chi connectivity index (χ1) is 36.2. The van der Waals surface area contributed by atoms with Crippen molar-refractivity contribution in [2.45, 2.75) is 142 Å². The number of hydrazine groups is 1. The number of hydrogen-bond acceptors (Lipinski definition) is 11. The Hall–Kier alpha value is -5.00. The number of likely N-dealkylation sites (tertiary alicyclic amines) is 1. The van der Waals surface area contributed by atoms with Crippen LogP contribution in [0.1, 0.15) is 121 Å². The standard InChI is InChI=1S/C59H79F2N9O5/c1-6-69-50-14-13-40-28-45(50)47(53(69)46-29-43(31-63-51(46)37(2)3)67-21-20-66-22-23-74-33-44(66)32-67)30-58(4,5)36-75-57(73)48-12-9-18-70(65-48)56(72)49(26-38-24-41(40)27-42(25-38)54(60)61)64-55(71)52(39-10-7-8-11-39)68-19-16-59(35-68)15-17-62-34-59/h13-14,24-25,27-29,31,37,39,44,48-49,52,54,62,65H,6-12,15-23,26,30,32-36H2,1-5H3,(H,64,71)/t44-,48-,49-,52-,59-/m0/s1. The maximum absolute atomic E-state index is 15.3. The first kappa shape index (κ1) is 52.1. The number of pyridine rings is 1. The topological polar surface area (TPSA) is 137 Å². The Morgan fingerprint density at radius 2 is 1.80 bits per heavy atom. The van der Waals surface area contributed by atoms with Crippen LogP contribution in [0.15, 0.2) is 48.7 Å². The lowest BCUT2D eigenvalue weighted by molar-refractivity contribution is -0.155. The summed E-state index contributed by atoms with van der Waals surface area (Å²) in [6, 6.07) is 11.6. The number of nitrogens with zero attached hydrogens (tertiary/aromatic N) is 6. The van der Waals surface area contributed by atoms with E-state index in [4.69, 9.17) is 14.5 Å². The third-order valence-electron chi connectivity index (χ3n) is 18.0. The van der Waals surface area contributed by atoms with Crippen LogP contribution in [0.4, 0.5) is 14.5 Å². The van der Waals surface area contributed by atoms with Crippen LogP contribution in [0.25, 0.3) is 33.3 Å². The predicted octanol–water partition coefficient (Wildman–Crippen LogP) is 7.86. The molecule has 1 spiro atoms. The van der Waals surface area contributed by atoms with Crippen molar-refractivity contribution in [2.75, 3.05) is 83.6 Å². The van der Waals surface area contributed by atoms with Crippen molar-refractivity contribution in [1.82, 2.24) is 40.4 Å². The van der Waals surface area contributed by atoms with Gasteiger partial charge in [-0.25, -0.2) is 14.2 Å². The highest BCUT2D eigenvalue weighted by Gasteiger charge is 2.47. The monoisotopic (exact) mass is 1030 g/mol. The van der Waals surface area contributed by atoms with E-state index in [-0.39, 0.29) is 41.7 Å². The quantitative estimate of drug-likeness (QED) is 0.142. The number of aryl methyl sites for hydroxylation is 1. The molecular weight excluding hydrogens is 953 g/mol. The molecule has 14 nitrogen and oxygen atoms in total. The minimum absolute atomic E-state index is 0.0150. The lowest BCUT2D eigenvalue weighted by atomic mass is 9.83. The van der Waals surface area contributed by atoms with E-state index in [1.807, 2.05) is 18.3 Å². The van der Waals surface area contributed by atoms with E-state index in [2.05, 4.69) is 88.1 Å². The normalized spacial score (nSPS) is 26.6. The number of piperazine rings is 1. The SMILES string of the molecule is CCn1c(-c2cc(N3CCN4CCOC[C@@H]4C3)cnc2C(C)C)c2c3cc(ccc31)-c1cc(cc(C(F)F)c1)C[C@H](NC(=O)[C@H](C1CCCC1)N1CC[C@]3(CCNC3)C1)C(=O)N1CCC[C@H](N1)C(=O)OCC(C)(C)C2. The number of aromatic nitrogens is 2. The molecule has 5 atom stereocenters. The Bertz CT molecular complexity index is 2770. The number of rotatable bonds is 9. The van der Waals surface area contributed by atoms with Crippen LogP contribution in [0.3, 0.4) is 0 Å². The highest BCUT2D eigenvalue weighted by molar-refractivity contribution is 5.96. The molecule has 2 amide bonds. The van der Waals surface area contributed by atoms with Crippen LogP contribution in [0, 0.1) is 16.7 Å². The summed E-state index contributed by atoms with van der Waals surface area (Å²) in [5.74, 6) is -0.780. The predicted molar refractivity (Wildman–Crippen MR) is 288 cm³/mol. The summed E-state index contributed by atoms with van der Waals surface area (Å²) in [5.41, 5.74) is 10.8. The van der Waals surface area contributed by atoms with Crippen LogP contribution < -0.4 is 21.0 Å². The first-order valence-corrected chi connectivity index (χ1v) is 28.3. The fraction of sp³-hybridized carbons (Fsp3) is 0.627. The summed E-state index contributed by atoms with van der Waals surface area (Å²) in [7, 11) is 0. The van der Waals surface area contributed by atoms with Gasteiger partial charge in [-0.15, -0.1) is 0 Å². The second kappa shape index (κ2) is 21.4. The lowest BCUT2D eigenvalue weighted by Crippen LogP contribution is -2.62. The lowest BCUT2D eigenvalue weighted by Gasteiger charge is -2.44. The Morgan fingerprint density at radius 3 is 2.57 bits per heavy atom. The number of alkyl halides is 2. The maximum Gasteiger partial charge on any atom is 0.324 e. The molecule has 5 saturated heterocycles. The smallest absolute Gasteiger partial charge is 0.324 e. The highest BCUT2D eigenvalue weighted by atomic mass is 19.3. The van der Waals surface area contributed by atoms with Crippen molar-refractivity contribution in [2.24, 2.45) is 16.7 Å². The molecule has 4 aromatic rings. The van der Waals surface area contributed by atoms with Crippen molar-refractivity contribution in [1.29, 1.82) is 0 Å². The molecule has 6 bridgehead atoms. The molecular formula is C59H79F2N9O5. The maximum atomic E-state index is 15.3. The molecule has 0 unspecified atom stereocenters. The van der Waals surface area contributed by atoms with E-state index in [0.717, 1.165) is 142 Å². The van der Waals surface area contributed by atoms with Gasteiger partial charge in [-0.1, -0.05) is 58.7 Å². The zero-order valence-electron chi connectivity index (χ0n) is 44.9. The number of esters is 1. The molecule has 0 radical (unpaired) electrons. The molecule has 7 aliphatic rings. The van der Waals surface area contributed by atoms with E-state index in [1.165, 1.54) is 11.1 Å². The van der Waals surface area contributed by atoms with Crippen molar-refractivity contribution >= 4 is 34.4 Å². The van der Waals surface area contributed by atoms with Gasteiger partial charge in [0.1, 0.15) is 12.1 Å². The molecule has 11 rings (SSSR count). The van der Waals surface area contributed by atoms with Gasteiger partial charge in [0.15, 0.2) is 0 Å². The minimum Gasteiger partial charge on any atom is -0.464 e. The zero-order valence-corrected chi connectivity index (χ0v) is 44.9. The van der Waals surface area contributed by atoms with Crippen molar-refractivity contribution in [3.05, 3.63) is 71.0 Å². The number of benzene rings is 2. The average Bonchev–Trinajstić information content (AvgIpc) is 4.26. The van der Waals surface area contributed by atoms with Gasteiger partial charge >= 0.3 is 5.97 Å². The Balaban J connectivity index is 1.02. The number of carbonyl (C=O) groups is 3. The molecule has 6 fully saturated rings. The van der Waals surface area contributed by atoms with E-state index >= 15 is 18.4 Å². The fourth-order valence-corrected chi connectivity index (χ4v) is 14.0. The van der Waals surface area contributed by atoms with Gasteiger partial charge in [-0.05, 0) is 129 Å². The van der Waals surface area contributed by atoms with Crippen LogP contribution >= 0.6 is 0 Å². The number of amides is 2. The molecule has 404 valence electrons. The molecule has 1 saturated carbocycles. The molecule has 2 aromatic carbocycles. The second-order valence-electron chi connectivity index (χ2n) is 24.2. The largest absolute Gasteiger partial charge is 0.464 e. The molecule has 8 heterocycles. The third kappa shape index (κ3) is 10.6. The van der Waals surface area contributed by atoms with Gasteiger partial charge in [0.25, 0.3) is 12.3 Å². The zero-order chi connectivity index (χ0) is 52.2. The Morgan fingerprint density at radius 1 is 0.960 bits per heavy atom. The number of halogens is 2. The summed E-state index contributed by atoms with van der Waals surface area (Å²) >= 11 is 0. The number of morpholine rings is 1. The number of anilines is 1. The van der Waals surface area contributed by atoms with Gasteiger partial charge < -0.3 is 29.6 Å². The number of fused-ring (bicyclic) bond motifs is 7. The molecule has 6 aliphatic heterocycles. The Labute approximate surface area is 441 Å². The third-order valence-corrected chi connectivity index (χ3v) is 18.0. The second-order valence-corrected chi connectivity index (χ2v) is 24.2. The van der Waals surface area contributed by atoms with Crippen LogP contribution in [-0.2, 0) is 43.2 Å². The molecule has 2 aromatic heterocycles. The number of hydrogen-bond donors (Lipinski definition) is 3. The minimum atomic E-state index is -2.78. The van der Waals surface area contributed by atoms with Crippen molar-refractivity contribution in [3.8, 4) is 22.4 Å². The van der Waals surface area contributed by atoms with Gasteiger partial charge in [-0.2, -0.15) is 0 Å².